The molecule has 0 aliphatic carbocycles. The van der Waals surface area contributed by atoms with Crippen molar-refractivity contribution in [3.05, 3.63) is 71.8 Å². The Kier molecular flexibility index (Phi) is 6.91. The van der Waals surface area contributed by atoms with Crippen molar-refractivity contribution in [2.45, 2.75) is 33.2 Å². The molecule has 0 saturated heterocycles. The molecule has 1 nitrogen and oxygen atoms in total. The van der Waals surface area contributed by atoms with Crippen LogP contribution in [0.1, 0.15) is 37.9 Å². The molecule has 2 aromatic rings. The van der Waals surface area contributed by atoms with E-state index in [4.69, 9.17) is 5.73 Å². The van der Waals surface area contributed by atoms with Crippen molar-refractivity contribution in [1.82, 2.24) is 0 Å². The molecule has 2 N–H and O–H groups in total. The van der Waals surface area contributed by atoms with E-state index in [2.05, 4.69) is 44.2 Å². The number of rotatable bonds is 3. The molecule has 0 heterocycles. The monoisotopic (exact) mass is 255 g/mol. The molecule has 0 bridgehead atoms. The normalized spacial score (nSPS) is 11.6. The van der Waals surface area contributed by atoms with Gasteiger partial charge in [-0.25, -0.2) is 0 Å². The van der Waals surface area contributed by atoms with Crippen LogP contribution < -0.4 is 5.73 Å². The van der Waals surface area contributed by atoms with E-state index in [1.54, 1.807) is 0 Å². The minimum absolute atomic E-state index is 0.159. The Labute approximate surface area is 117 Å². The highest BCUT2D eigenvalue weighted by Crippen LogP contribution is 2.07. The Morgan fingerprint density at radius 1 is 0.789 bits per heavy atom. The van der Waals surface area contributed by atoms with Crippen molar-refractivity contribution in [2.75, 3.05) is 0 Å². The molecule has 0 unspecified atom stereocenters. The fourth-order valence-corrected chi connectivity index (χ4v) is 1.84. The van der Waals surface area contributed by atoms with E-state index in [-0.39, 0.29) is 6.04 Å². The van der Waals surface area contributed by atoms with Crippen LogP contribution in [0, 0.1) is 5.92 Å². The lowest BCUT2D eigenvalue weighted by molar-refractivity contribution is 0.647. The van der Waals surface area contributed by atoms with Gasteiger partial charge in [0.15, 0.2) is 0 Å². The minimum Gasteiger partial charge on any atom is -0.324 e. The van der Waals surface area contributed by atoms with Crippen LogP contribution in [0.3, 0.4) is 0 Å². The zero-order valence-corrected chi connectivity index (χ0v) is 12.2. The van der Waals surface area contributed by atoms with E-state index in [0.29, 0.717) is 0 Å². The number of hydrogen-bond donors (Lipinski definition) is 1. The molecule has 0 amide bonds. The summed E-state index contributed by atoms with van der Waals surface area (Å²) >= 11 is 0. The number of benzene rings is 2. The Hall–Kier alpha value is -1.60. The first-order valence-corrected chi connectivity index (χ1v) is 6.94. The SMILES string of the molecule is CC(C)Cc1ccccc1.C[C@@H](N)c1ccccc1. The summed E-state index contributed by atoms with van der Waals surface area (Å²) in [6, 6.07) is 20.8. The number of nitrogens with two attached hydrogens (primary N) is 1. The maximum atomic E-state index is 5.61. The Morgan fingerprint density at radius 2 is 1.26 bits per heavy atom. The molecule has 102 valence electrons. The van der Waals surface area contributed by atoms with Crippen LogP contribution in [-0.2, 0) is 6.42 Å². The van der Waals surface area contributed by atoms with Gasteiger partial charge < -0.3 is 5.73 Å². The van der Waals surface area contributed by atoms with E-state index in [1.807, 2.05) is 37.3 Å². The maximum Gasteiger partial charge on any atom is 0.0266 e. The van der Waals surface area contributed by atoms with Crippen LogP contribution in [0.5, 0.6) is 0 Å². The molecule has 0 aliphatic heterocycles. The average molecular weight is 255 g/mol. The lowest BCUT2D eigenvalue weighted by atomic mass is 10.0. The first-order chi connectivity index (χ1) is 9.09. The van der Waals surface area contributed by atoms with E-state index < -0.39 is 0 Å². The number of hydrogen-bond acceptors (Lipinski definition) is 1. The third-order valence-electron chi connectivity index (χ3n) is 2.81. The molecule has 0 spiro atoms. The van der Waals surface area contributed by atoms with Gasteiger partial charge in [0, 0.05) is 6.04 Å². The highest BCUT2D eigenvalue weighted by molar-refractivity contribution is 5.17. The van der Waals surface area contributed by atoms with E-state index >= 15 is 0 Å². The van der Waals surface area contributed by atoms with Gasteiger partial charge in [0.05, 0.1) is 0 Å². The van der Waals surface area contributed by atoms with Gasteiger partial charge in [-0.15, -0.1) is 0 Å². The molecule has 0 saturated carbocycles. The minimum atomic E-state index is 0.159. The van der Waals surface area contributed by atoms with Crippen LogP contribution in [0.2, 0.25) is 0 Å². The van der Waals surface area contributed by atoms with Gasteiger partial charge in [0.25, 0.3) is 0 Å². The van der Waals surface area contributed by atoms with Crippen molar-refractivity contribution in [3.63, 3.8) is 0 Å². The lowest BCUT2D eigenvalue weighted by Gasteiger charge is -2.02. The van der Waals surface area contributed by atoms with Crippen molar-refractivity contribution >= 4 is 0 Å². The molecule has 0 aromatic heterocycles. The molecule has 0 radical (unpaired) electrons. The van der Waals surface area contributed by atoms with Gasteiger partial charge in [0.2, 0.25) is 0 Å². The van der Waals surface area contributed by atoms with Gasteiger partial charge in [-0.1, -0.05) is 74.5 Å². The molecule has 2 rings (SSSR count). The summed E-state index contributed by atoms with van der Waals surface area (Å²) < 4.78 is 0. The van der Waals surface area contributed by atoms with Crippen molar-refractivity contribution in [2.24, 2.45) is 11.7 Å². The molecule has 0 aliphatic rings. The second-order valence-corrected chi connectivity index (χ2v) is 5.28. The van der Waals surface area contributed by atoms with Crippen molar-refractivity contribution < 1.29 is 0 Å². The van der Waals surface area contributed by atoms with Crippen LogP contribution in [0.4, 0.5) is 0 Å². The highest BCUT2D eigenvalue weighted by atomic mass is 14.6. The lowest BCUT2D eigenvalue weighted by Crippen LogP contribution is -2.03. The quantitative estimate of drug-likeness (QED) is 0.852. The first-order valence-electron chi connectivity index (χ1n) is 6.94. The van der Waals surface area contributed by atoms with E-state index in [0.717, 1.165) is 5.92 Å². The third kappa shape index (κ3) is 6.78. The summed E-state index contributed by atoms with van der Waals surface area (Å²) in [5.41, 5.74) is 8.25. The fourth-order valence-electron chi connectivity index (χ4n) is 1.84. The van der Waals surface area contributed by atoms with Crippen LogP contribution >= 0.6 is 0 Å². The third-order valence-corrected chi connectivity index (χ3v) is 2.81. The molecule has 0 fully saturated rings. The highest BCUT2D eigenvalue weighted by Gasteiger charge is 1.94. The standard InChI is InChI=1S/C10H14.C8H11N/c1-9(2)8-10-6-4-3-5-7-10;1-7(9)8-5-3-2-4-6-8/h3-7,9H,8H2,1-2H3;2-7H,9H2,1H3/t;7-/m.1/s1. The average Bonchev–Trinajstić information content (AvgIpc) is 2.41. The summed E-state index contributed by atoms with van der Waals surface area (Å²) in [6.07, 6.45) is 1.20. The summed E-state index contributed by atoms with van der Waals surface area (Å²) in [7, 11) is 0. The second kappa shape index (κ2) is 8.49. The topological polar surface area (TPSA) is 26.0 Å². The van der Waals surface area contributed by atoms with Crippen molar-refractivity contribution in [1.29, 1.82) is 0 Å². The second-order valence-electron chi connectivity index (χ2n) is 5.28. The largest absolute Gasteiger partial charge is 0.324 e. The van der Waals surface area contributed by atoms with Gasteiger partial charge in [0.1, 0.15) is 0 Å². The molecular weight excluding hydrogens is 230 g/mol. The molecule has 19 heavy (non-hydrogen) atoms. The van der Waals surface area contributed by atoms with E-state index in [1.165, 1.54) is 17.5 Å². The molecular formula is C18H25N. The predicted octanol–water partition coefficient (Wildman–Crippen LogP) is 4.59. The van der Waals surface area contributed by atoms with Crippen LogP contribution in [0.25, 0.3) is 0 Å². The predicted molar refractivity (Wildman–Crippen MR) is 84.0 cm³/mol. The molecule has 2 aromatic carbocycles. The summed E-state index contributed by atoms with van der Waals surface area (Å²) in [6.45, 7) is 6.47. The Balaban J connectivity index is 0.000000191. The fraction of sp³-hybridized carbons (Fsp3) is 0.333. The van der Waals surface area contributed by atoms with E-state index in [9.17, 15) is 0 Å². The zero-order valence-electron chi connectivity index (χ0n) is 12.2. The molecule has 1 heteroatoms. The summed E-state index contributed by atoms with van der Waals surface area (Å²) in [4.78, 5) is 0. The first kappa shape index (κ1) is 15.5. The van der Waals surface area contributed by atoms with Crippen LogP contribution in [0.15, 0.2) is 60.7 Å². The van der Waals surface area contributed by atoms with Gasteiger partial charge >= 0.3 is 0 Å². The van der Waals surface area contributed by atoms with Gasteiger partial charge in [-0.2, -0.15) is 0 Å². The summed E-state index contributed by atoms with van der Waals surface area (Å²) in [5.74, 6) is 0.766. The zero-order chi connectivity index (χ0) is 14.1. The maximum absolute atomic E-state index is 5.61. The van der Waals surface area contributed by atoms with Gasteiger partial charge in [-0.3, -0.25) is 0 Å². The smallest absolute Gasteiger partial charge is 0.0266 e. The Morgan fingerprint density at radius 3 is 1.63 bits per heavy atom. The summed E-state index contributed by atoms with van der Waals surface area (Å²) in [5, 5.41) is 0. The Bertz CT molecular complexity index is 432. The van der Waals surface area contributed by atoms with Crippen LogP contribution in [-0.4, -0.2) is 0 Å². The molecule has 1 atom stereocenters. The van der Waals surface area contributed by atoms with Crippen molar-refractivity contribution in [3.8, 4) is 0 Å². The van der Waals surface area contributed by atoms with Gasteiger partial charge in [-0.05, 0) is 30.4 Å².